The van der Waals surface area contributed by atoms with E-state index in [-0.39, 0.29) is 11.5 Å². The van der Waals surface area contributed by atoms with E-state index in [4.69, 9.17) is 4.74 Å². The molecule has 0 saturated heterocycles. The number of methoxy groups -OCH3 is 1. The molecule has 0 unspecified atom stereocenters. The van der Waals surface area contributed by atoms with Crippen LogP contribution in [0.15, 0.2) is 72.8 Å². The fourth-order valence-corrected chi connectivity index (χ4v) is 3.28. The number of nitrogens with one attached hydrogen (secondary N) is 1. The molecule has 6 nitrogen and oxygen atoms in total. The second kappa shape index (κ2) is 7.00. The Morgan fingerprint density at radius 1 is 0.929 bits per heavy atom. The van der Waals surface area contributed by atoms with Crippen LogP contribution in [0.1, 0.15) is 21.5 Å². The highest BCUT2D eigenvalue weighted by molar-refractivity contribution is 6.40. The van der Waals surface area contributed by atoms with E-state index in [1.807, 2.05) is 42.5 Å². The molecule has 6 heteroatoms. The van der Waals surface area contributed by atoms with Crippen molar-refractivity contribution in [3.63, 3.8) is 0 Å². The van der Waals surface area contributed by atoms with Gasteiger partial charge in [0.25, 0.3) is 5.69 Å². The first-order valence-corrected chi connectivity index (χ1v) is 8.63. The van der Waals surface area contributed by atoms with Crippen molar-refractivity contribution in [3.05, 3.63) is 99.6 Å². The molecule has 28 heavy (non-hydrogen) atoms. The van der Waals surface area contributed by atoms with Gasteiger partial charge in [0.05, 0.1) is 23.3 Å². The Morgan fingerprint density at radius 2 is 1.64 bits per heavy atom. The van der Waals surface area contributed by atoms with E-state index in [9.17, 15) is 14.9 Å². The summed E-state index contributed by atoms with van der Waals surface area (Å²) in [7, 11) is 1.59. The quantitative estimate of drug-likeness (QED) is 0.515. The number of nitro groups is 1. The summed E-state index contributed by atoms with van der Waals surface area (Å²) in [6.45, 7) is 0. The van der Waals surface area contributed by atoms with Gasteiger partial charge in [-0.3, -0.25) is 14.9 Å². The van der Waals surface area contributed by atoms with Crippen molar-refractivity contribution in [2.75, 3.05) is 12.4 Å². The third-order valence-corrected chi connectivity index (χ3v) is 4.62. The molecule has 0 atom stereocenters. The third-order valence-electron chi connectivity index (χ3n) is 4.62. The van der Waals surface area contributed by atoms with Gasteiger partial charge in [-0.05, 0) is 29.8 Å². The fraction of sp³-hybridized carbons (Fsp3) is 0.0455. The predicted molar refractivity (Wildman–Crippen MR) is 107 cm³/mol. The molecule has 1 aliphatic rings. The van der Waals surface area contributed by atoms with Gasteiger partial charge in [-0.2, -0.15) is 0 Å². The van der Waals surface area contributed by atoms with Crippen LogP contribution in [0.3, 0.4) is 0 Å². The maximum absolute atomic E-state index is 13.1. The molecular weight excluding hydrogens is 356 g/mol. The van der Waals surface area contributed by atoms with Crippen LogP contribution >= 0.6 is 0 Å². The van der Waals surface area contributed by atoms with Gasteiger partial charge in [0, 0.05) is 35.0 Å². The standard InChI is InChI=1S/C22H16N2O4/c1-28-17-6-4-5-15(13-17)23-21-18-7-2-3-8-19(18)22(25)20(21)14-9-11-16(12-10-14)24(26)27/h2-13,23H,1H3. The zero-order chi connectivity index (χ0) is 19.7. The van der Waals surface area contributed by atoms with Crippen molar-refractivity contribution in [3.8, 4) is 5.75 Å². The van der Waals surface area contributed by atoms with Crippen molar-refractivity contribution in [2.45, 2.75) is 0 Å². The van der Waals surface area contributed by atoms with Gasteiger partial charge < -0.3 is 10.1 Å². The highest BCUT2D eigenvalue weighted by atomic mass is 16.6. The second-order valence-corrected chi connectivity index (χ2v) is 6.29. The monoisotopic (exact) mass is 372 g/mol. The number of ether oxygens (including phenoxy) is 1. The van der Waals surface area contributed by atoms with Crippen LogP contribution in [-0.4, -0.2) is 17.8 Å². The molecule has 1 N–H and O–H groups in total. The first kappa shape index (κ1) is 17.5. The van der Waals surface area contributed by atoms with Gasteiger partial charge in [-0.25, -0.2) is 0 Å². The number of carbonyl (C=O) groups excluding carboxylic acids is 1. The van der Waals surface area contributed by atoms with E-state index in [0.29, 0.717) is 28.1 Å². The Morgan fingerprint density at radius 3 is 2.32 bits per heavy atom. The lowest BCUT2D eigenvalue weighted by Gasteiger charge is -2.12. The number of hydrogen-bond donors (Lipinski definition) is 1. The van der Waals surface area contributed by atoms with Gasteiger partial charge in [-0.1, -0.05) is 30.3 Å². The van der Waals surface area contributed by atoms with E-state index in [2.05, 4.69) is 5.32 Å². The summed E-state index contributed by atoms with van der Waals surface area (Å²) >= 11 is 0. The van der Waals surface area contributed by atoms with E-state index in [0.717, 1.165) is 11.3 Å². The summed E-state index contributed by atoms with van der Waals surface area (Å²) in [5, 5.41) is 14.3. The van der Waals surface area contributed by atoms with E-state index in [1.54, 1.807) is 25.3 Å². The van der Waals surface area contributed by atoms with Crippen LogP contribution in [0.2, 0.25) is 0 Å². The van der Waals surface area contributed by atoms with Crippen LogP contribution in [-0.2, 0) is 0 Å². The molecule has 0 fully saturated rings. The molecule has 3 aromatic carbocycles. The topological polar surface area (TPSA) is 81.5 Å². The molecule has 0 aromatic heterocycles. The molecule has 0 heterocycles. The first-order valence-electron chi connectivity index (χ1n) is 8.63. The van der Waals surface area contributed by atoms with Crippen LogP contribution in [0.25, 0.3) is 11.3 Å². The average molecular weight is 372 g/mol. The largest absolute Gasteiger partial charge is 0.497 e. The second-order valence-electron chi connectivity index (χ2n) is 6.29. The SMILES string of the molecule is COc1cccc(NC2=C(c3ccc([N+](=O)[O-])cc3)C(=O)c3ccccc32)c1. The Bertz CT molecular complexity index is 1120. The number of ketones is 1. The molecule has 0 bridgehead atoms. The maximum atomic E-state index is 13.1. The summed E-state index contributed by atoms with van der Waals surface area (Å²) in [4.78, 5) is 23.6. The molecule has 1 aliphatic carbocycles. The van der Waals surface area contributed by atoms with Crippen molar-refractivity contribution in [1.82, 2.24) is 0 Å². The molecule has 0 amide bonds. The van der Waals surface area contributed by atoms with Gasteiger partial charge in [0.15, 0.2) is 5.78 Å². The van der Waals surface area contributed by atoms with Crippen LogP contribution in [0.5, 0.6) is 5.75 Å². The molecule has 0 radical (unpaired) electrons. The number of non-ortho nitro benzene ring substituents is 1. The number of nitro benzene ring substituents is 1. The lowest BCUT2D eigenvalue weighted by molar-refractivity contribution is -0.384. The van der Waals surface area contributed by atoms with Crippen LogP contribution in [0.4, 0.5) is 11.4 Å². The highest BCUT2D eigenvalue weighted by Crippen LogP contribution is 2.39. The molecular formula is C22H16N2O4. The third kappa shape index (κ3) is 3.01. The summed E-state index contributed by atoms with van der Waals surface area (Å²) in [6, 6.07) is 20.8. The number of benzene rings is 3. The molecule has 138 valence electrons. The van der Waals surface area contributed by atoms with E-state index in [1.165, 1.54) is 12.1 Å². The van der Waals surface area contributed by atoms with Crippen molar-refractivity contribution in [2.24, 2.45) is 0 Å². The van der Waals surface area contributed by atoms with Crippen LogP contribution < -0.4 is 10.1 Å². The number of rotatable bonds is 5. The minimum Gasteiger partial charge on any atom is -0.497 e. The normalized spacial score (nSPS) is 12.7. The summed E-state index contributed by atoms with van der Waals surface area (Å²) in [5.41, 5.74) is 3.93. The van der Waals surface area contributed by atoms with E-state index < -0.39 is 4.92 Å². The Labute approximate surface area is 161 Å². The van der Waals surface area contributed by atoms with Gasteiger partial charge in [0.2, 0.25) is 0 Å². The number of Topliss-reactive ketones (excluding diaryl/α,β-unsaturated/α-hetero) is 1. The number of allylic oxidation sites excluding steroid dienone is 1. The number of fused-ring (bicyclic) bond motifs is 1. The highest BCUT2D eigenvalue weighted by Gasteiger charge is 2.30. The Hall–Kier alpha value is -3.93. The number of carbonyl (C=O) groups is 1. The lowest BCUT2D eigenvalue weighted by atomic mass is 10.0. The number of nitrogens with zero attached hydrogens (tertiary/aromatic N) is 1. The maximum Gasteiger partial charge on any atom is 0.269 e. The molecule has 0 saturated carbocycles. The smallest absolute Gasteiger partial charge is 0.269 e. The molecule has 3 aromatic rings. The Kier molecular flexibility index (Phi) is 4.37. The van der Waals surface area contributed by atoms with Gasteiger partial charge in [0.1, 0.15) is 5.75 Å². The lowest BCUT2D eigenvalue weighted by Crippen LogP contribution is -2.01. The summed E-state index contributed by atoms with van der Waals surface area (Å²) in [5.74, 6) is 0.579. The fourth-order valence-electron chi connectivity index (χ4n) is 3.28. The van der Waals surface area contributed by atoms with E-state index >= 15 is 0 Å². The van der Waals surface area contributed by atoms with Gasteiger partial charge >= 0.3 is 0 Å². The van der Waals surface area contributed by atoms with Crippen molar-refractivity contribution >= 4 is 28.4 Å². The zero-order valence-electron chi connectivity index (χ0n) is 15.0. The first-order chi connectivity index (χ1) is 13.6. The molecule has 4 rings (SSSR count). The predicted octanol–water partition coefficient (Wildman–Crippen LogP) is 4.78. The minimum atomic E-state index is -0.460. The number of hydrogen-bond acceptors (Lipinski definition) is 5. The minimum absolute atomic E-state index is 0.0189. The molecule has 0 aliphatic heterocycles. The van der Waals surface area contributed by atoms with Gasteiger partial charge in [-0.15, -0.1) is 0 Å². The Balaban J connectivity index is 1.84. The average Bonchev–Trinajstić information content (AvgIpc) is 3.00. The summed E-state index contributed by atoms with van der Waals surface area (Å²) < 4.78 is 5.27. The molecule has 0 spiro atoms. The van der Waals surface area contributed by atoms with Crippen LogP contribution in [0, 0.1) is 10.1 Å². The summed E-state index contributed by atoms with van der Waals surface area (Å²) in [6.07, 6.45) is 0. The number of anilines is 1. The van der Waals surface area contributed by atoms with Crippen molar-refractivity contribution in [1.29, 1.82) is 0 Å². The van der Waals surface area contributed by atoms with Crippen molar-refractivity contribution < 1.29 is 14.5 Å². The zero-order valence-corrected chi connectivity index (χ0v) is 15.0.